The molecule has 2 N–H and O–H groups in total. The van der Waals surface area contributed by atoms with Crippen molar-refractivity contribution in [2.24, 2.45) is 15.7 Å². The van der Waals surface area contributed by atoms with Gasteiger partial charge in [-0.1, -0.05) is 0 Å². The monoisotopic (exact) mass is 143 g/mol. The average molecular weight is 144 g/mol. The second kappa shape index (κ2) is 2.64. The number of nitrogens with zero attached hydrogens (tertiary/aromatic N) is 2. The van der Waals surface area contributed by atoms with E-state index in [2.05, 4.69) is 9.98 Å². The molecular formula is C5H6ClN3. The first kappa shape index (κ1) is 6.29. The Bertz CT molecular complexity index is 190. The number of nitrogens with two attached hydrogens (primary N) is 1. The quantitative estimate of drug-likeness (QED) is 0.494. The van der Waals surface area contributed by atoms with Gasteiger partial charge in [-0.2, -0.15) is 0 Å². The molecule has 0 saturated carbocycles. The van der Waals surface area contributed by atoms with Gasteiger partial charge in [-0.15, -0.1) is 0 Å². The predicted molar refractivity (Wildman–Crippen MR) is 38.9 cm³/mol. The third-order valence-electron chi connectivity index (χ3n) is 0.862. The van der Waals surface area contributed by atoms with Crippen LogP contribution in [-0.4, -0.2) is 18.1 Å². The molecule has 0 aromatic heterocycles. The fourth-order valence-corrected chi connectivity index (χ4v) is 0.561. The summed E-state index contributed by atoms with van der Waals surface area (Å²) in [6.07, 6.45) is 3.22. The SMILES string of the molecule is NC1=CC=NC(Cl)=NC1. The van der Waals surface area contributed by atoms with Crippen molar-refractivity contribution >= 4 is 23.1 Å². The first-order valence-electron chi connectivity index (χ1n) is 2.47. The van der Waals surface area contributed by atoms with E-state index in [9.17, 15) is 0 Å². The van der Waals surface area contributed by atoms with Crippen LogP contribution in [0.25, 0.3) is 0 Å². The Kier molecular flexibility index (Phi) is 1.85. The van der Waals surface area contributed by atoms with E-state index >= 15 is 0 Å². The largest absolute Gasteiger partial charge is 0.400 e. The first-order valence-corrected chi connectivity index (χ1v) is 2.85. The second-order valence-corrected chi connectivity index (χ2v) is 1.94. The third kappa shape index (κ3) is 1.85. The van der Waals surface area contributed by atoms with Gasteiger partial charge >= 0.3 is 0 Å². The minimum atomic E-state index is 0.256. The molecule has 1 aliphatic rings. The van der Waals surface area contributed by atoms with Gasteiger partial charge in [-0.25, -0.2) is 9.98 Å². The summed E-state index contributed by atoms with van der Waals surface area (Å²) in [7, 11) is 0. The van der Waals surface area contributed by atoms with Gasteiger partial charge in [0, 0.05) is 11.9 Å². The van der Waals surface area contributed by atoms with E-state index in [4.69, 9.17) is 17.3 Å². The Morgan fingerprint density at radius 3 is 3.22 bits per heavy atom. The number of rotatable bonds is 0. The Hall–Kier alpha value is -0.830. The summed E-state index contributed by atoms with van der Waals surface area (Å²) in [5.41, 5.74) is 6.08. The van der Waals surface area contributed by atoms with Crippen LogP contribution in [0.1, 0.15) is 0 Å². The lowest BCUT2D eigenvalue weighted by molar-refractivity contribution is 1.12. The van der Waals surface area contributed by atoms with Gasteiger partial charge in [0.05, 0.1) is 6.54 Å². The lowest BCUT2D eigenvalue weighted by Gasteiger charge is -1.88. The lowest BCUT2D eigenvalue weighted by Crippen LogP contribution is -2.00. The second-order valence-electron chi connectivity index (χ2n) is 1.61. The topological polar surface area (TPSA) is 50.7 Å². The normalized spacial score (nSPS) is 18.3. The molecule has 48 valence electrons. The molecule has 1 rings (SSSR count). The van der Waals surface area contributed by atoms with Crippen molar-refractivity contribution in [3.8, 4) is 0 Å². The lowest BCUT2D eigenvalue weighted by atomic mass is 10.4. The maximum absolute atomic E-state index is 5.45. The van der Waals surface area contributed by atoms with Crippen LogP contribution in [0.4, 0.5) is 0 Å². The maximum Gasteiger partial charge on any atom is 0.218 e. The van der Waals surface area contributed by atoms with Gasteiger partial charge in [0.25, 0.3) is 0 Å². The van der Waals surface area contributed by atoms with Gasteiger partial charge < -0.3 is 5.73 Å². The van der Waals surface area contributed by atoms with E-state index in [0.717, 1.165) is 0 Å². The van der Waals surface area contributed by atoms with E-state index in [0.29, 0.717) is 12.2 Å². The minimum Gasteiger partial charge on any atom is -0.400 e. The van der Waals surface area contributed by atoms with Crippen LogP contribution in [0.2, 0.25) is 0 Å². The molecule has 0 spiro atoms. The number of hydrogen-bond acceptors (Lipinski definition) is 3. The van der Waals surface area contributed by atoms with Gasteiger partial charge in [0.1, 0.15) is 0 Å². The molecule has 3 nitrogen and oxygen atoms in total. The minimum absolute atomic E-state index is 0.256. The van der Waals surface area contributed by atoms with E-state index in [1.54, 1.807) is 6.08 Å². The third-order valence-corrected chi connectivity index (χ3v) is 1.08. The van der Waals surface area contributed by atoms with Crippen molar-refractivity contribution in [1.82, 2.24) is 0 Å². The summed E-state index contributed by atoms with van der Waals surface area (Å²) >= 11 is 5.45. The Morgan fingerprint density at radius 2 is 2.44 bits per heavy atom. The van der Waals surface area contributed by atoms with E-state index < -0.39 is 0 Å². The zero-order valence-corrected chi connectivity index (χ0v) is 5.47. The number of amidine groups is 1. The molecule has 0 radical (unpaired) electrons. The summed E-state index contributed by atoms with van der Waals surface area (Å²) in [5, 5.41) is 0.256. The molecule has 4 heteroatoms. The fraction of sp³-hybridized carbons (Fsp3) is 0.200. The zero-order chi connectivity index (χ0) is 6.69. The van der Waals surface area contributed by atoms with E-state index in [1.807, 2.05) is 0 Å². The van der Waals surface area contributed by atoms with Crippen LogP contribution in [0, 0.1) is 0 Å². The van der Waals surface area contributed by atoms with Crippen molar-refractivity contribution < 1.29 is 0 Å². The highest BCUT2D eigenvalue weighted by atomic mass is 35.5. The maximum atomic E-state index is 5.45. The molecule has 0 bridgehead atoms. The molecule has 1 aliphatic heterocycles. The number of allylic oxidation sites excluding steroid dienone is 1. The summed E-state index contributed by atoms with van der Waals surface area (Å²) in [6.45, 7) is 0.443. The van der Waals surface area contributed by atoms with Crippen molar-refractivity contribution in [3.63, 3.8) is 0 Å². The smallest absolute Gasteiger partial charge is 0.218 e. The zero-order valence-electron chi connectivity index (χ0n) is 4.71. The van der Waals surface area contributed by atoms with Crippen LogP contribution in [-0.2, 0) is 0 Å². The molecule has 0 aromatic carbocycles. The molecule has 0 fully saturated rings. The summed E-state index contributed by atoms with van der Waals surface area (Å²) in [5.74, 6) is 0. The highest BCUT2D eigenvalue weighted by Crippen LogP contribution is 1.94. The van der Waals surface area contributed by atoms with Gasteiger partial charge in [0.2, 0.25) is 5.29 Å². The summed E-state index contributed by atoms with van der Waals surface area (Å²) in [4.78, 5) is 7.50. The van der Waals surface area contributed by atoms with Crippen molar-refractivity contribution in [3.05, 3.63) is 11.8 Å². The van der Waals surface area contributed by atoms with Crippen LogP contribution in [0.15, 0.2) is 21.8 Å². The molecular weight excluding hydrogens is 138 g/mol. The molecule has 0 aliphatic carbocycles. The molecule has 0 atom stereocenters. The molecule has 0 unspecified atom stereocenters. The Labute approximate surface area is 57.9 Å². The summed E-state index contributed by atoms with van der Waals surface area (Å²) < 4.78 is 0. The van der Waals surface area contributed by atoms with Crippen LogP contribution >= 0.6 is 11.6 Å². The van der Waals surface area contributed by atoms with Crippen molar-refractivity contribution in [2.45, 2.75) is 0 Å². The highest BCUT2D eigenvalue weighted by molar-refractivity contribution is 6.65. The van der Waals surface area contributed by atoms with E-state index in [1.165, 1.54) is 6.21 Å². The summed E-state index contributed by atoms with van der Waals surface area (Å²) in [6, 6.07) is 0. The number of aliphatic imine (C=N–C) groups is 2. The van der Waals surface area contributed by atoms with Gasteiger partial charge in [0.15, 0.2) is 0 Å². The van der Waals surface area contributed by atoms with Crippen molar-refractivity contribution in [1.29, 1.82) is 0 Å². The standard InChI is InChI=1S/C5H6ClN3/c6-5-8-2-1-4(7)3-9-5/h1-2H,3,7H2. The molecule has 0 aromatic rings. The van der Waals surface area contributed by atoms with Gasteiger partial charge in [-0.3, -0.25) is 0 Å². The predicted octanol–water partition coefficient (Wildman–Crippen LogP) is 0.508. The van der Waals surface area contributed by atoms with Crippen molar-refractivity contribution in [2.75, 3.05) is 6.54 Å². The first-order chi connectivity index (χ1) is 4.29. The number of halogens is 1. The Morgan fingerprint density at radius 1 is 1.67 bits per heavy atom. The van der Waals surface area contributed by atoms with Crippen LogP contribution in [0.5, 0.6) is 0 Å². The molecule has 9 heavy (non-hydrogen) atoms. The van der Waals surface area contributed by atoms with Crippen LogP contribution in [0.3, 0.4) is 0 Å². The molecule has 0 amide bonds. The fourth-order valence-electron chi connectivity index (χ4n) is 0.445. The number of hydrogen-bond donors (Lipinski definition) is 1. The molecule has 1 heterocycles. The van der Waals surface area contributed by atoms with Gasteiger partial charge in [-0.05, 0) is 17.7 Å². The Balaban J connectivity index is 2.75. The highest BCUT2D eigenvalue weighted by Gasteiger charge is 1.93. The average Bonchev–Trinajstić information content (AvgIpc) is 1.97. The van der Waals surface area contributed by atoms with E-state index in [-0.39, 0.29) is 5.29 Å². The molecule has 0 saturated heterocycles. The van der Waals surface area contributed by atoms with Crippen LogP contribution < -0.4 is 5.73 Å².